The monoisotopic (exact) mass is 805 g/mol. The van der Waals surface area contributed by atoms with Gasteiger partial charge in [0.1, 0.15) is 0 Å². The van der Waals surface area contributed by atoms with E-state index in [1.54, 1.807) is 0 Å². The first-order valence-electron chi connectivity index (χ1n) is 21.7. The maximum Gasteiger partial charge on any atom is 0.0547 e. The topological polar surface area (TPSA) is 35.9 Å². The maximum absolute atomic E-state index is 6.58. The second-order valence-electron chi connectivity index (χ2n) is 16.7. The van der Waals surface area contributed by atoms with Gasteiger partial charge in [-0.05, 0) is 147 Å². The lowest BCUT2D eigenvalue weighted by Crippen LogP contribution is -1.96. The summed E-state index contributed by atoms with van der Waals surface area (Å²) in [5.41, 5.74) is 25.2. The van der Waals surface area contributed by atoms with Gasteiger partial charge in [-0.3, -0.25) is 0 Å². The van der Waals surface area contributed by atoms with Crippen LogP contribution in [-0.4, -0.2) is 9.13 Å². The van der Waals surface area contributed by atoms with E-state index in [4.69, 9.17) is 5.73 Å². The highest BCUT2D eigenvalue weighted by atomic mass is 15.0. The number of rotatable bonds is 7. The summed E-state index contributed by atoms with van der Waals surface area (Å²) in [6, 6.07) is 66.5. The summed E-state index contributed by atoms with van der Waals surface area (Å²) in [7, 11) is 0. The molecule has 0 amide bonds. The van der Waals surface area contributed by atoms with Crippen LogP contribution in [0.1, 0.15) is 34.9 Å². The molecule has 0 aliphatic heterocycles. The number of anilines is 1. The first kappa shape index (κ1) is 36.7. The number of aromatic nitrogens is 2. The summed E-state index contributed by atoms with van der Waals surface area (Å²) in [5.74, 6) is 0. The SMILES string of the molecule is C=Cc1c(/C=C\C)c2cc(-c3ccc4c(c3)c3cc5ccccc5cc3n4-c3ccc4cc(C/C=C5/c6ccccc6-c6cccc(N)c65)ccc4c3)ccc2n1-c1ccccc1. The molecule has 0 spiro atoms. The molecule has 0 saturated carbocycles. The highest BCUT2D eigenvalue weighted by molar-refractivity contribution is 6.15. The third-order valence-electron chi connectivity index (χ3n) is 13.1. The van der Waals surface area contributed by atoms with Crippen LogP contribution in [0, 0.1) is 0 Å². The van der Waals surface area contributed by atoms with Gasteiger partial charge in [0.15, 0.2) is 0 Å². The zero-order valence-electron chi connectivity index (χ0n) is 35.0. The molecule has 2 N–H and O–H groups in total. The Morgan fingerprint density at radius 1 is 0.508 bits per heavy atom. The second kappa shape index (κ2) is 14.5. The normalized spacial score (nSPS) is 13.0. The maximum atomic E-state index is 6.58. The quantitative estimate of drug-likeness (QED) is 0.160. The van der Waals surface area contributed by atoms with E-state index in [9.17, 15) is 0 Å². The molecule has 298 valence electrons. The second-order valence-corrected chi connectivity index (χ2v) is 16.7. The molecule has 63 heavy (non-hydrogen) atoms. The predicted octanol–water partition coefficient (Wildman–Crippen LogP) is 15.6. The summed E-state index contributed by atoms with van der Waals surface area (Å²) in [5, 5.41) is 8.57. The number of benzene rings is 9. The number of nitrogens with two attached hydrogens (primary N) is 1. The summed E-state index contributed by atoms with van der Waals surface area (Å²) >= 11 is 0. The van der Waals surface area contributed by atoms with Crippen molar-refractivity contribution in [3.05, 3.63) is 229 Å². The van der Waals surface area contributed by atoms with Crippen LogP contribution >= 0.6 is 0 Å². The minimum Gasteiger partial charge on any atom is -0.398 e. The smallest absolute Gasteiger partial charge is 0.0547 e. The van der Waals surface area contributed by atoms with Crippen molar-refractivity contribution in [2.45, 2.75) is 13.3 Å². The summed E-state index contributed by atoms with van der Waals surface area (Å²) in [6.45, 7) is 6.32. The van der Waals surface area contributed by atoms with Gasteiger partial charge in [0.05, 0.1) is 22.2 Å². The fourth-order valence-electron chi connectivity index (χ4n) is 10.2. The van der Waals surface area contributed by atoms with Gasteiger partial charge < -0.3 is 14.9 Å². The average Bonchev–Trinajstić information content (AvgIpc) is 3.95. The molecule has 11 aromatic rings. The van der Waals surface area contributed by atoms with E-state index in [1.807, 2.05) is 12.1 Å². The molecule has 3 heteroatoms. The van der Waals surface area contributed by atoms with Crippen molar-refractivity contribution in [3.8, 4) is 33.6 Å². The zero-order valence-corrected chi connectivity index (χ0v) is 35.0. The third-order valence-corrected chi connectivity index (χ3v) is 13.1. The molecule has 0 atom stereocenters. The number of nitrogens with zero attached hydrogens (tertiary/aromatic N) is 2. The van der Waals surface area contributed by atoms with E-state index in [0.29, 0.717) is 0 Å². The van der Waals surface area contributed by atoms with Gasteiger partial charge in [-0.25, -0.2) is 0 Å². The molecule has 0 fully saturated rings. The Bertz CT molecular complexity index is 3740. The van der Waals surface area contributed by atoms with Crippen LogP contribution < -0.4 is 5.73 Å². The lowest BCUT2D eigenvalue weighted by molar-refractivity contribution is 1.11. The van der Waals surface area contributed by atoms with Crippen LogP contribution in [0.3, 0.4) is 0 Å². The van der Waals surface area contributed by atoms with Gasteiger partial charge in [0.2, 0.25) is 0 Å². The van der Waals surface area contributed by atoms with Gasteiger partial charge in [0, 0.05) is 44.3 Å². The van der Waals surface area contributed by atoms with Crippen LogP contribution in [0.25, 0.3) is 106 Å². The van der Waals surface area contributed by atoms with E-state index in [-0.39, 0.29) is 0 Å². The molecule has 2 heterocycles. The summed E-state index contributed by atoms with van der Waals surface area (Å²) in [6.07, 6.45) is 9.47. The Labute approximate surface area is 366 Å². The van der Waals surface area contributed by atoms with E-state index < -0.39 is 0 Å². The summed E-state index contributed by atoms with van der Waals surface area (Å²) < 4.78 is 4.76. The molecular formula is C60H43N3. The first-order valence-corrected chi connectivity index (χ1v) is 21.7. The van der Waals surface area contributed by atoms with E-state index in [2.05, 4.69) is 217 Å². The molecule has 1 aliphatic rings. The number of hydrogen-bond donors (Lipinski definition) is 1. The minimum absolute atomic E-state index is 0.815. The van der Waals surface area contributed by atoms with Gasteiger partial charge in [0.25, 0.3) is 0 Å². The minimum atomic E-state index is 0.815. The standard InChI is InChI=1S/C60H43N3/c1-3-13-49-52-35-43(26-30-57(52)62(56(49)4-2)45-16-6-5-7-17-45)44-27-31-58-53(36-44)54-34-39-14-8-9-15-40(39)37-59(54)63(58)46-28-25-41-32-38(22-24-42(41)33-46)23-29-51-48-19-11-10-18-47(48)50-20-12-21-55(61)60(50)51/h3-22,24-37H,2,23,61H2,1H3/b13-3-,51-29-. The number of hydrogen-bond acceptors (Lipinski definition) is 1. The molecule has 12 rings (SSSR count). The molecule has 0 bridgehead atoms. The molecule has 0 unspecified atom stereocenters. The highest BCUT2D eigenvalue weighted by Crippen LogP contribution is 2.47. The summed E-state index contributed by atoms with van der Waals surface area (Å²) in [4.78, 5) is 0. The molecule has 1 aliphatic carbocycles. The molecular weight excluding hydrogens is 763 g/mol. The fourth-order valence-corrected chi connectivity index (χ4v) is 10.2. The van der Waals surface area contributed by atoms with Gasteiger partial charge in [-0.1, -0.05) is 140 Å². The lowest BCUT2D eigenvalue weighted by Gasteiger charge is -2.11. The van der Waals surface area contributed by atoms with E-state index in [0.717, 1.165) is 40.3 Å². The Morgan fingerprint density at radius 2 is 1.16 bits per heavy atom. The number of para-hydroxylation sites is 1. The van der Waals surface area contributed by atoms with Gasteiger partial charge in [-0.2, -0.15) is 0 Å². The van der Waals surface area contributed by atoms with Crippen LogP contribution in [0.5, 0.6) is 0 Å². The molecule has 0 saturated heterocycles. The van der Waals surface area contributed by atoms with E-state index >= 15 is 0 Å². The van der Waals surface area contributed by atoms with Crippen molar-refractivity contribution in [1.29, 1.82) is 0 Å². The number of allylic oxidation sites excluding steroid dienone is 2. The Hall–Kier alpha value is -8.14. The first-order chi connectivity index (χ1) is 31.1. The number of fused-ring (bicyclic) bond motifs is 9. The van der Waals surface area contributed by atoms with Crippen LogP contribution in [0.4, 0.5) is 5.69 Å². The van der Waals surface area contributed by atoms with Crippen molar-refractivity contribution in [2.75, 3.05) is 5.73 Å². The molecule has 0 radical (unpaired) electrons. The fraction of sp³-hybridized carbons (Fsp3) is 0.0333. The molecule has 3 nitrogen and oxygen atoms in total. The Balaban J connectivity index is 0.962. The number of nitrogen functional groups attached to an aromatic ring is 1. The van der Waals surface area contributed by atoms with Crippen molar-refractivity contribution in [1.82, 2.24) is 9.13 Å². The zero-order chi connectivity index (χ0) is 42.2. The predicted molar refractivity (Wildman–Crippen MR) is 270 cm³/mol. The average molecular weight is 806 g/mol. The Kier molecular flexibility index (Phi) is 8.45. The van der Waals surface area contributed by atoms with Crippen molar-refractivity contribution >= 4 is 77.7 Å². The molecule has 2 aromatic heterocycles. The van der Waals surface area contributed by atoms with Gasteiger partial charge >= 0.3 is 0 Å². The Morgan fingerprint density at radius 3 is 1.95 bits per heavy atom. The van der Waals surface area contributed by atoms with Crippen LogP contribution in [-0.2, 0) is 6.42 Å². The third kappa shape index (κ3) is 5.81. The largest absolute Gasteiger partial charge is 0.398 e. The van der Waals surface area contributed by atoms with Crippen molar-refractivity contribution in [3.63, 3.8) is 0 Å². The van der Waals surface area contributed by atoms with Gasteiger partial charge in [-0.15, -0.1) is 0 Å². The van der Waals surface area contributed by atoms with Crippen molar-refractivity contribution in [2.24, 2.45) is 0 Å². The molecule has 9 aromatic carbocycles. The van der Waals surface area contributed by atoms with Crippen molar-refractivity contribution < 1.29 is 0 Å². The van der Waals surface area contributed by atoms with E-state index in [1.165, 1.54) is 93.3 Å². The lowest BCUT2D eigenvalue weighted by atomic mass is 9.98. The van der Waals surface area contributed by atoms with Crippen LogP contribution in [0.15, 0.2) is 201 Å². The van der Waals surface area contributed by atoms with Crippen LogP contribution in [0.2, 0.25) is 0 Å². The highest BCUT2D eigenvalue weighted by Gasteiger charge is 2.25.